The van der Waals surface area contributed by atoms with Crippen LogP contribution in [0.4, 0.5) is 0 Å². The molecule has 0 amide bonds. The normalized spacial score (nSPS) is 27.3. The second-order valence-corrected chi connectivity index (χ2v) is 20.0. The molecule has 24 heavy (non-hydrogen) atoms. The van der Waals surface area contributed by atoms with E-state index in [0.717, 1.165) is 7.25 Å². The Morgan fingerprint density at radius 3 is 2.33 bits per heavy atom. The van der Waals surface area contributed by atoms with E-state index in [4.69, 9.17) is 0 Å². The molecule has 0 spiro atoms. The van der Waals surface area contributed by atoms with Crippen LogP contribution in [0, 0.1) is 5.41 Å². The third kappa shape index (κ3) is 3.06. The molecule has 1 fully saturated rings. The van der Waals surface area contributed by atoms with E-state index in [1.807, 2.05) is 3.28 Å². The molecule has 0 N–H and O–H groups in total. The van der Waals surface area contributed by atoms with Crippen LogP contribution in [0.1, 0.15) is 48.9 Å². The van der Waals surface area contributed by atoms with Gasteiger partial charge in [-0.3, -0.25) is 0 Å². The summed E-state index contributed by atoms with van der Waals surface area (Å²) < 4.78 is 5.24. The Morgan fingerprint density at radius 1 is 1.08 bits per heavy atom. The molecule has 1 aromatic carbocycles. The van der Waals surface area contributed by atoms with E-state index in [1.165, 1.54) is 12.0 Å². The van der Waals surface area contributed by atoms with Crippen LogP contribution in [0.15, 0.2) is 51.3 Å². The van der Waals surface area contributed by atoms with Gasteiger partial charge in [0.25, 0.3) is 0 Å². The molecule has 128 valence electrons. The summed E-state index contributed by atoms with van der Waals surface area (Å²) in [6, 6.07) is 9.09. The number of rotatable bonds is 2. The van der Waals surface area contributed by atoms with Gasteiger partial charge in [0.2, 0.25) is 0 Å². The number of allylic oxidation sites excluding steroid dienone is 5. The Hall–Kier alpha value is -0.0969. The van der Waals surface area contributed by atoms with Crippen LogP contribution < -0.4 is 24.8 Å². The van der Waals surface area contributed by atoms with Gasteiger partial charge >= 0.3 is 140 Å². The first kappa shape index (κ1) is 20.2. The van der Waals surface area contributed by atoms with Crippen molar-refractivity contribution >= 4 is 6.08 Å². The van der Waals surface area contributed by atoms with Crippen molar-refractivity contribution in [1.82, 2.24) is 0 Å². The van der Waals surface area contributed by atoms with Gasteiger partial charge in [-0.1, -0.05) is 0 Å². The number of halogens is 2. The average molecular weight is 441 g/mol. The molecule has 0 nitrogen and oxygen atoms in total. The molecule has 1 aliphatic heterocycles. The van der Waals surface area contributed by atoms with Gasteiger partial charge in [-0.25, -0.2) is 0 Å². The van der Waals surface area contributed by atoms with Crippen LogP contribution in [-0.4, -0.2) is 0 Å². The molecular formula is C21H26Cl2Zr. The fourth-order valence-electron chi connectivity index (χ4n) is 4.60. The van der Waals surface area contributed by atoms with E-state index in [-0.39, 0.29) is 24.8 Å². The second-order valence-electron chi connectivity index (χ2n) is 8.39. The fourth-order valence-corrected chi connectivity index (χ4v) is 20.6. The summed E-state index contributed by atoms with van der Waals surface area (Å²) >= 11 is -2.22. The Labute approximate surface area is 163 Å². The summed E-state index contributed by atoms with van der Waals surface area (Å²) in [6.45, 7) is 9.57. The summed E-state index contributed by atoms with van der Waals surface area (Å²) in [4.78, 5) is 0. The number of fused-ring (bicyclic) bond motifs is 1. The molecule has 2 aliphatic carbocycles. The Balaban J connectivity index is 0.00000104. The summed E-state index contributed by atoms with van der Waals surface area (Å²) in [5.74, 6) is 0. The predicted molar refractivity (Wildman–Crippen MR) is 92.7 cm³/mol. The van der Waals surface area contributed by atoms with Crippen LogP contribution >= 0.6 is 0 Å². The van der Waals surface area contributed by atoms with Gasteiger partial charge in [0, 0.05) is 0 Å². The number of hydrogen-bond acceptors (Lipinski definition) is 0. The molecule has 0 saturated carbocycles. The SMILES string of the molecule is C[CH]1[CH2][Zr+2]1([C]1=CC(C(C)(C)C)=CC1)[CH]1C=Cc2ccccc21.[Cl-].[Cl-]. The van der Waals surface area contributed by atoms with Gasteiger partial charge in [0.1, 0.15) is 0 Å². The van der Waals surface area contributed by atoms with E-state index >= 15 is 0 Å². The zero-order valence-corrected chi connectivity index (χ0v) is 18.9. The second kappa shape index (κ2) is 6.90. The zero-order chi connectivity index (χ0) is 15.5. The van der Waals surface area contributed by atoms with E-state index in [2.05, 4.69) is 76.3 Å². The third-order valence-corrected chi connectivity index (χ3v) is 20.5. The molecule has 4 rings (SSSR count). The molecule has 3 atom stereocenters. The average Bonchev–Trinajstić information content (AvgIpc) is 2.90. The van der Waals surface area contributed by atoms with E-state index in [1.54, 1.807) is 15.3 Å². The molecule has 0 radical (unpaired) electrons. The fraction of sp³-hybridized carbons (Fsp3) is 0.429. The van der Waals surface area contributed by atoms with Crippen molar-refractivity contribution in [2.75, 3.05) is 0 Å². The van der Waals surface area contributed by atoms with E-state index in [0.29, 0.717) is 5.41 Å². The van der Waals surface area contributed by atoms with Crippen molar-refractivity contribution in [2.24, 2.45) is 5.41 Å². The largest absolute Gasteiger partial charge is 1.00 e. The number of hydrogen-bond donors (Lipinski definition) is 0. The summed E-state index contributed by atoms with van der Waals surface area (Å²) in [5.41, 5.74) is 4.99. The molecule has 0 bridgehead atoms. The first-order valence-corrected chi connectivity index (χ1v) is 14.4. The van der Waals surface area contributed by atoms with E-state index in [9.17, 15) is 0 Å². The molecule has 3 unspecified atom stereocenters. The third-order valence-electron chi connectivity index (χ3n) is 6.05. The predicted octanol–water partition coefficient (Wildman–Crippen LogP) is 0.417. The molecule has 0 aromatic heterocycles. The maximum Gasteiger partial charge on any atom is -1.00 e. The van der Waals surface area contributed by atoms with Crippen molar-refractivity contribution in [3.05, 3.63) is 62.5 Å². The summed E-state index contributed by atoms with van der Waals surface area (Å²) in [6.07, 6.45) is 11.3. The maximum absolute atomic E-state index is 2.62. The van der Waals surface area contributed by atoms with Crippen molar-refractivity contribution in [3.63, 3.8) is 0 Å². The van der Waals surface area contributed by atoms with Crippen molar-refractivity contribution in [1.29, 1.82) is 0 Å². The van der Waals surface area contributed by atoms with Gasteiger partial charge in [0.05, 0.1) is 0 Å². The topological polar surface area (TPSA) is 0 Å². The summed E-state index contributed by atoms with van der Waals surface area (Å²) in [5, 5.41) is 0. The molecule has 1 saturated heterocycles. The van der Waals surface area contributed by atoms with Gasteiger partial charge in [-0.05, 0) is 0 Å². The van der Waals surface area contributed by atoms with Crippen LogP contribution in [0.5, 0.6) is 0 Å². The Morgan fingerprint density at radius 2 is 1.75 bits per heavy atom. The molecule has 3 heteroatoms. The minimum absolute atomic E-state index is 0. The van der Waals surface area contributed by atoms with Gasteiger partial charge in [-0.15, -0.1) is 0 Å². The minimum atomic E-state index is -2.22. The van der Waals surface area contributed by atoms with Gasteiger partial charge in [-0.2, -0.15) is 0 Å². The van der Waals surface area contributed by atoms with Gasteiger partial charge in [0.15, 0.2) is 0 Å². The summed E-state index contributed by atoms with van der Waals surface area (Å²) in [7, 11) is 0. The van der Waals surface area contributed by atoms with Crippen molar-refractivity contribution in [3.8, 4) is 0 Å². The molecular weight excluding hydrogens is 414 g/mol. The quantitative estimate of drug-likeness (QED) is 0.625. The molecule has 1 heterocycles. The maximum atomic E-state index is 2.62. The first-order valence-electron chi connectivity index (χ1n) is 8.62. The monoisotopic (exact) mass is 438 g/mol. The molecule has 3 aliphatic rings. The van der Waals surface area contributed by atoms with Crippen LogP contribution in [0.25, 0.3) is 6.08 Å². The van der Waals surface area contributed by atoms with Crippen LogP contribution in [0.2, 0.25) is 7.75 Å². The smallest absolute Gasteiger partial charge is 1.00 e. The van der Waals surface area contributed by atoms with Crippen LogP contribution in [0.3, 0.4) is 0 Å². The van der Waals surface area contributed by atoms with Crippen molar-refractivity contribution in [2.45, 2.75) is 45.5 Å². The van der Waals surface area contributed by atoms with Crippen LogP contribution in [-0.2, 0) is 20.3 Å². The molecule has 1 aromatic rings. The van der Waals surface area contributed by atoms with Gasteiger partial charge < -0.3 is 24.8 Å². The zero-order valence-electron chi connectivity index (χ0n) is 14.9. The Kier molecular flexibility index (Phi) is 5.81. The standard InChI is InChI=1S/C9H7.C9H13.C3H6.2ClH.Zr/c1-2-5-9-7-3-6-8(9)4-1;1-9(2,3)8-6-4-5-7-8;1-3-2;;;/h1-7H;6-7H,4H2,1-3H3;3H,1H2,2H3;2*1H;/q;;;;;+2/p-2. The minimum Gasteiger partial charge on any atom is -1.00 e. The Bertz CT molecular complexity index is 724. The van der Waals surface area contributed by atoms with E-state index < -0.39 is 20.3 Å². The first-order chi connectivity index (χ1) is 10.4. The van der Waals surface area contributed by atoms with Crippen molar-refractivity contribution < 1.29 is 45.1 Å². The number of benzene rings is 1.